The summed E-state index contributed by atoms with van der Waals surface area (Å²) in [6.45, 7) is 0. The van der Waals surface area contributed by atoms with E-state index in [1.807, 2.05) is 18.2 Å². The van der Waals surface area contributed by atoms with Crippen LogP contribution in [0.25, 0.3) is 0 Å². The molecule has 0 atom stereocenters. The van der Waals surface area contributed by atoms with Gasteiger partial charge in [-0.3, -0.25) is 4.79 Å². The number of hydrogen-bond acceptors (Lipinski definition) is 4. The van der Waals surface area contributed by atoms with Crippen LogP contribution in [0.4, 0.5) is 0 Å². The average Bonchev–Trinajstić information content (AvgIpc) is 2.19. The van der Waals surface area contributed by atoms with E-state index in [0.717, 1.165) is 5.56 Å². The molecular formula is C9H9NaO2S2. The van der Waals surface area contributed by atoms with Gasteiger partial charge in [0, 0.05) is 5.56 Å². The number of esters is 1. The fraction of sp³-hybridized carbons (Fsp3) is 0.111. The first-order valence-corrected chi connectivity index (χ1v) is 4.69. The summed E-state index contributed by atoms with van der Waals surface area (Å²) in [6.07, 6.45) is 0. The number of thiocarbonyl (C=S) groups is 1. The quantitative estimate of drug-likeness (QED) is 0.361. The van der Waals surface area contributed by atoms with Crippen LogP contribution in [0.1, 0.15) is 5.56 Å². The van der Waals surface area contributed by atoms with Gasteiger partial charge in [-0.1, -0.05) is 30.3 Å². The fourth-order valence-electron chi connectivity index (χ4n) is 0.769. The van der Waals surface area contributed by atoms with Gasteiger partial charge in [-0.2, -0.15) is 12.6 Å². The zero-order chi connectivity index (χ0) is 9.68. The molecule has 5 heteroatoms. The molecule has 14 heavy (non-hydrogen) atoms. The summed E-state index contributed by atoms with van der Waals surface area (Å²) in [6, 6.07) is 9.10. The van der Waals surface area contributed by atoms with E-state index in [0.29, 0.717) is 0 Å². The summed E-state index contributed by atoms with van der Waals surface area (Å²) in [5.41, 5.74) is 0.729. The molecule has 0 aromatic heterocycles. The summed E-state index contributed by atoms with van der Waals surface area (Å²) in [7, 11) is 0. The summed E-state index contributed by atoms with van der Waals surface area (Å²) in [5.74, 6) is -0.398. The number of rotatable bonds is 2. The number of hydrogen-bond donors (Lipinski definition) is 1. The van der Waals surface area contributed by atoms with Gasteiger partial charge in [-0.05, 0) is 12.2 Å². The van der Waals surface area contributed by atoms with Gasteiger partial charge in [-0.25, -0.2) is 0 Å². The van der Waals surface area contributed by atoms with Crippen LogP contribution in [0.15, 0.2) is 30.3 Å². The molecule has 0 aliphatic rings. The molecule has 0 unspecified atom stereocenters. The second kappa shape index (κ2) is 7.43. The van der Waals surface area contributed by atoms with E-state index in [4.69, 9.17) is 17.0 Å². The topological polar surface area (TPSA) is 26.3 Å². The SMILES string of the molecule is O=C(CS)OC(=S)c1ccccc1.[NaH]. The van der Waals surface area contributed by atoms with E-state index < -0.39 is 5.97 Å². The molecule has 1 aromatic carbocycles. The van der Waals surface area contributed by atoms with Gasteiger partial charge in [0.2, 0.25) is 5.05 Å². The van der Waals surface area contributed by atoms with Crippen molar-refractivity contribution in [3.05, 3.63) is 35.9 Å². The molecule has 0 N–H and O–H groups in total. The van der Waals surface area contributed by atoms with Crippen molar-refractivity contribution in [2.75, 3.05) is 5.75 Å². The first-order valence-electron chi connectivity index (χ1n) is 3.65. The molecule has 1 rings (SSSR count). The Balaban J connectivity index is 0.00000169. The molecule has 0 aliphatic heterocycles. The van der Waals surface area contributed by atoms with E-state index in [9.17, 15) is 4.79 Å². The van der Waals surface area contributed by atoms with Gasteiger partial charge in [0.15, 0.2) is 0 Å². The van der Waals surface area contributed by atoms with E-state index in [2.05, 4.69) is 12.6 Å². The standard InChI is InChI=1S/C9H8O2S2.Na.H/c10-8(6-12)11-9(13)7-4-2-1-3-5-7;;/h1-5,12H,6H2;;. The predicted molar refractivity (Wildman–Crippen MR) is 65.2 cm³/mol. The summed E-state index contributed by atoms with van der Waals surface area (Å²) in [5, 5.41) is 0.194. The predicted octanol–water partition coefficient (Wildman–Crippen LogP) is 1.19. The molecular weight excluding hydrogens is 227 g/mol. The van der Waals surface area contributed by atoms with E-state index >= 15 is 0 Å². The summed E-state index contributed by atoms with van der Waals surface area (Å²) in [4.78, 5) is 10.8. The van der Waals surface area contributed by atoms with Crippen molar-refractivity contribution in [3.63, 3.8) is 0 Å². The molecule has 0 bridgehead atoms. The molecule has 0 saturated heterocycles. The Labute approximate surface area is 116 Å². The first-order chi connectivity index (χ1) is 6.24. The van der Waals surface area contributed by atoms with Crippen LogP contribution in [0.2, 0.25) is 0 Å². The van der Waals surface area contributed by atoms with Crippen LogP contribution < -0.4 is 0 Å². The van der Waals surface area contributed by atoms with Gasteiger partial charge in [0.1, 0.15) is 0 Å². The second-order valence-corrected chi connectivity index (χ2v) is 2.97. The van der Waals surface area contributed by atoms with Crippen molar-refractivity contribution in [2.45, 2.75) is 0 Å². The molecule has 2 nitrogen and oxygen atoms in total. The normalized spacial score (nSPS) is 8.64. The number of ether oxygens (including phenoxy) is 1. The van der Waals surface area contributed by atoms with Crippen molar-refractivity contribution in [1.82, 2.24) is 0 Å². The molecule has 70 valence electrons. The zero-order valence-corrected chi connectivity index (χ0v) is 8.48. The molecule has 0 saturated carbocycles. The number of benzene rings is 1. The Bertz CT molecular complexity index is 314. The Hall–Kier alpha value is 0.130. The molecule has 0 radical (unpaired) electrons. The van der Waals surface area contributed by atoms with Crippen LogP contribution in [0, 0.1) is 0 Å². The fourth-order valence-corrected chi connectivity index (χ4v) is 1.06. The zero-order valence-electron chi connectivity index (χ0n) is 6.77. The van der Waals surface area contributed by atoms with E-state index in [1.165, 1.54) is 0 Å². The van der Waals surface area contributed by atoms with E-state index in [1.54, 1.807) is 12.1 Å². The molecule has 1 aromatic rings. The number of thiol groups is 1. The number of carbonyl (C=O) groups is 1. The minimum atomic E-state index is -0.433. The molecule has 0 spiro atoms. The summed E-state index contributed by atoms with van der Waals surface area (Å²) < 4.78 is 4.80. The van der Waals surface area contributed by atoms with Gasteiger partial charge in [0.25, 0.3) is 0 Å². The van der Waals surface area contributed by atoms with Crippen LogP contribution in [-0.2, 0) is 9.53 Å². The van der Waals surface area contributed by atoms with Crippen molar-refractivity contribution < 1.29 is 9.53 Å². The Morgan fingerprint density at radius 1 is 1.36 bits per heavy atom. The molecule has 0 aliphatic carbocycles. The maximum absolute atomic E-state index is 10.8. The van der Waals surface area contributed by atoms with Crippen LogP contribution in [-0.4, -0.2) is 46.3 Å². The number of carbonyl (C=O) groups excluding carboxylic acids is 1. The van der Waals surface area contributed by atoms with Gasteiger partial charge < -0.3 is 4.74 Å². The van der Waals surface area contributed by atoms with Gasteiger partial charge in [-0.15, -0.1) is 0 Å². The van der Waals surface area contributed by atoms with E-state index in [-0.39, 0.29) is 40.4 Å². The third-order valence-electron chi connectivity index (χ3n) is 1.35. The van der Waals surface area contributed by atoms with Gasteiger partial charge in [0.05, 0.1) is 5.75 Å². The Morgan fingerprint density at radius 2 is 1.93 bits per heavy atom. The molecule has 0 amide bonds. The average molecular weight is 236 g/mol. The third-order valence-corrected chi connectivity index (χ3v) is 1.92. The van der Waals surface area contributed by atoms with Gasteiger partial charge >= 0.3 is 35.5 Å². The van der Waals surface area contributed by atoms with Crippen molar-refractivity contribution in [2.24, 2.45) is 0 Å². The monoisotopic (exact) mass is 236 g/mol. The van der Waals surface area contributed by atoms with Crippen LogP contribution in [0.5, 0.6) is 0 Å². The van der Waals surface area contributed by atoms with Crippen LogP contribution in [0.3, 0.4) is 0 Å². The Kier molecular flexibility index (Phi) is 7.49. The minimum absolute atomic E-state index is 0. The van der Waals surface area contributed by atoms with Crippen molar-refractivity contribution in [3.8, 4) is 0 Å². The molecule has 0 heterocycles. The second-order valence-electron chi connectivity index (χ2n) is 2.29. The van der Waals surface area contributed by atoms with Crippen molar-refractivity contribution in [1.29, 1.82) is 0 Å². The van der Waals surface area contributed by atoms with Crippen LogP contribution >= 0.6 is 24.8 Å². The molecule has 0 fully saturated rings. The summed E-state index contributed by atoms with van der Waals surface area (Å²) >= 11 is 8.65. The third kappa shape index (κ3) is 4.57. The van der Waals surface area contributed by atoms with Crippen molar-refractivity contribution >= 4 is 65.4 Å². The maximum atomic E-state index is 10.8. The Morgan fingerprint density at radius 3 is 2.43 bits per heavy atom. The first kappa shape index (κ1) is 14.1.